The highest BCUT2D eigenvalue weighted by atomic mass is 19.4. The molecule has 20 heavy (non-hydrogen) atoms. The van der Waals surface area contributed by atoms with E-state index in [4.69, 9.17) is 0 Å². The van der Waals surface area contributed by atoms with Crippen LogP contribution in [0.2, 0.25) is 0 Å². The Hall–Kier alpha value is -0.290. The van der Waals surface area contributed by atoms with Gasteiger partial charge in [-0.2, -0.15) is 13.2 Å². The summed E-state index contributed by atoms with van der Waals surface area (Å²) in [5.74, 6) is 1.41. The molecule has 1 saturated carbocycles. The van der Waals surface area contributed by atoms with Gasteiger partial charge < -0.3 is 5.32 Å². The summed E-state index contributed by atoms with van der Waals surface area (Å²) in [4.78, 5) is 2.38. The van der Waals surface area contributed by atoms with Gasteiger partial charge in [-0.1, -0.05) is 19.8 Å². The van der Waals surface area contributed by atoms with E-state index in [1.807, 2.05) is 0 Å². The molecule has 2 aliphatic rings. The summed E-state index contributed by atoms with van der Waals surface area (Å²) in [6.45, 7) is 5.29. The number of likely N-dealkylation sites (tertiary alicyclic amines) is 1. The molecule has 0 aromatic rings. The highest BCUT2D eigenvalue weighted by molar-refractivity contribution is 4.89. The van der Waals surface area contributed by atoms with E-state index in [0.717, 1.165) is 31.8 Å². The van der Waals surface area contributed by atoms with E-state index in [9.17, 15) is 13.2 Å². The number of alkyl halides is 3. The summed E-state index contributed by atoms with van der Waals surface area (Å²) in [7, 11) is 0. The minimum Gasteiger partial charge on any atom is -0.305 e. The quantitative estimate of drug-likeness (QED) is 0.807. The van der Waals surface area contributed by atoms with Crippen molar-refractivity contribution in [3.8, 4) is 0 Å². The topological polar surface area (TPSA) is 15.3 Å². The molecule has 1 saturated heterocycles. The molecular formula is C15H27F3N2. The smallest absolute Gasteiger partial charge is 0.305 e. The number of hydrogen-bond acceptors (Lipinski definition) is 2. The summed E-state index contributed by atoms with van der Waals surface area (Å²) in [6, 6.07) is 0.454. The maximum Gasteiger partial charge on any atom is 0.401 e. The lowest BCUT2D eigenvalue weighted by atomic mass is 9.88. The van der Waals surface area contributed by atoms with Crippen molar-refractivity contribution in [1.29, 1.82) is 0 Å². The van der Waals surface area contributed by atoms with Gasteiger partial charge in [-0.25, -0.2) is 0 Å². The molecule has 2 nitrogen and oxygen atoms in total. The molecular weight excluding hydrogens is 265 g/mol. The molecule has 118 valence electrons. The molecule has 2 rings (SSSR count). The van der Waals surface area contributed by atoms with Crippen molar-refractivity contribution in [3.63, 3.8) is 0 Å². The maximum atomic E-state index is 12.4. The van der Waals surface area contributed by atoms with Crippen molar-refractivity contribution in [2.24, 2.45) is 11.8 Å². The minimum atomic E-state index is -4.11. The lowest BCUT2D eigenvalue weighted by Gasteiger charge is -2.41. The van der Waals surface area contributed by atoms with Crippen molar-refractivity contribution >= 4 is 0 Å². The molecule has 0 radical (unpaired) electrons. The van der Waals surface area contributed by atoms with Crippen LogP contribution in [0.4, 0.5) is 13.2 Å². The van der Waals surface area contributed by atoms with Gasteiger partial charge in [0.05, 0.1) is 6.54 Å². The Morgan fingerprint density at radius 3 is 2.45 bits per heavy atom. The van der Waals surface area contributed by atoms with Crippen LogP contribution in [0.5, 0.6) is 0 Å². The molecule has 0 aromatic carbocycles. The van der Waals surface area contributed by atoms with Gasteiger partial charge in [0.15, 0.2) is 0 Å². The second kappa shape index (κ2) is 6.65. The molecule has 0 spiro atoms. The zero-order chi connectivity index (χ0) is 14.8. The van der Waals surface area contributed by atoms with Crippen molar-refractivity contribution in [3.05, 3.63) is 0 Å². The average Bonchev–Trinajstić information content (AvgIpc) is 3.18. The molecule has 0 amide bonds. The average molecular weight is 292 g/mol. The van der Waals surface area contributed by atoms with Crippen molar-refractivity contribution < 1.29 is 13.2 Å². The van der Waals surface area contributed by atoms with Gasteiger partial charge in [-0.15, -0.1) is 0 Å². The van der Waals surface area contributed by atoms with Gasteiger partial charge in [0, 0.05) is 25.2 Å². The zero-order valence-electron chi connectivity index (χ0n) is 12.5. The van der Waals surface area contributed by atoms with Crippen LogP contribution in [0.1, 0.15) is 46.0 Å². The van der Waals surface area contributed by atoms with Crippen molar-refractivity contribution in [2.75, 3.05) is 19.6 Å². The number of hydrogen-bond donors (Lipinski definition) is 1. The number of nitrogens with zero attached hydrogens (tertiary/aromatic N) is 1. The van der Waals surface area contributed by atoms with Crippen LogP contribution >= 0.6 is 0 Å². The summed E-state index contributed by atoms with van der Waals surface area (Å²) in [5, 5.41) is 2.73. The number of piperidine rings is 1. The highest BCUT2D eigenvalue weighted by Gasteiger charge is 2.35. The molecule has 3 unspecified atom stereocenters. The molecule has 0 aromatic heterocycles. The van der Waals surface area contributed by atoms with Gasteiger partial charge >= 0.3 is 6.18 Å². The molecule has 2 fully saturated rings. The summed E-state index contributed by atoms with van der Waals surface area (Å²) in [6.07, 6.45) is 1.70. The Morgan fingerprint density at radius 2 is 1.90 bits per heavy atom. The summed E-state index contributed by atoms with van der Waals surface area (Å²) < 4.78 is 37.1. The minimum absolute atomic E-state index is 0.0110. The van der Waals surface area contributed by atoms with Crippen LogP contribution in [-0.4, -0.2) is 42.8 Å². The standard InChI is InChI=1S/C15H27F3N2/c1-3-11(2)20-8-13(6-12-4-5-12)7-14(9-20)19-10-15(16,17)18/h11-14,19H,3-10H2,1-2H3. The number of halogens is 3. The molecule has 1 N–H and O–H groups in total. The van der Waals surface area contributed by atoms with Crippen LogP contribution in [0.15, 0.2) is 0 Å². The Balaban J connectivity index is 1.88. The molecule has 5 heteroatoms. The maximum absolute atomic E-state index is 12.4. The largest absolute Gasteiger partial charge is 0.401 e. The fourth-order valence-corrected chi connectivity index (χ4v) is 3.26. The zero-order valence-corrected chi connectivity index (χ0v) is 12.5. The third-order valence-electron chi connectivity index (χ3n) is 4.73. The van der Waals surface area contributed by atoms with Crippen LogP contribution in [0.25, 0.3) is 0 Å². The second-order valence-electron chi connectivity index (χ2n) is 6.68. The monoisotopic (exact) mass is 292 g/mol. The first-order valence-electron chi connectivity index (χ1n) is 7.91. The van der Waals surface area contributed by atoms with E-state index >= 15 is 0 Å². The van der Waals surface area contributed by atoms with Crippen LogP contribution in [0.3, 0.4) is 0 Å². The summed E-state index contributed by atoms with van der Waals surface area (Å²) in [5.41, 5.74) is 0. The first kappa shape index (κ1) is 16.1. The van der Waals surface area contributed by atoms with E-state index in [1.165, 1.54) is 19.3 Å². The Morgan fingerprint density at radius 1 is 1.20 bits per heavy atom. The van der Waals surface area contributed by atoms with Gasteiger partial charge in [0.2, 0.25) is 0 Å². The highest BCUT2D eigenvalue weighted by Crippen LogP contribution is 2.38. The SMILES string of the molecule is CCC(C)N1CC(CC2CC2)CC(NCC(F)(F)F)C1. The molecule has 1 aliphatic carbocycles. The normalized spacial score (nSPS) is 30.4. The third kappa shape index (κ3) is 5.24. The predicted molar refractivity (Wildman–Crippen MR) is 74.6 cm³/mol. The number of rotatable bonds is 6. The lowest BCUT2D eigenvalue weighted by Crippen LogP contribution is -2.53. The molecule has 1 heterocycles. The first-order chi connectivity index (χ1) is 9.37. The van der Waals surface area contributed by atoms with Gasteiger partial charge in [0.25, 0.3) is 0 Å². The molecule has 1 aliphatic heterocycles. The number of nitrogens with one attached hydrogen (secondary N) is 1. The van der Waals surface area contributed by atoms with E-state index in [2.05, 4.69) is 24.1 Å². The van der Waals surface area contributed by atoms with E-state index in [0.29, 0.717) is 12.0 Å². The Labute approximate surface area is 120 Å². The molecule has 0 bridgehead atoms. The molecule has 3 atom stereocenters. The van der Waals surface area contributed by atoms with E-state index in [1.54, 1.807) is 0 Å². The van der Waals surface area contributed by atoms with Gasteiger partial charge in [-0.05, 0) is 38.0 Å². The Kier molecular flexibility index (Phi) is 5.35. The van der Waals surface area contributed by atoms with Crippen molar-refractivity contribution in [1.82, 2.24) is 10.2 Å². The second-order valence-corrected chi connectivity index (χ2v) is 6.68. The summed E-state index contributed by atoms with van der Waals surface area (Å²) >= 11 is 0. The van der Waals surface area contributed by atoms with E-state index in [-0.39, 0.29) is 6.04 Å². The Bertz CT molecular complexity index is 302. The first-order valence-corrected chi connectivity index (χ1v) is 7.91. The fourth-order valence-electron chi connectivity index (χ4n) is 3.26. The van der Waals surface area contributed by atoms with E-state index < -0.39 is 12.7 Å². The predicted octanol–water partition coefficient (Wildman–Crippen LogP) is 3.43. The fraction of sp³-hybridized carbons (Fsp3) is 1.00. The third-order valence-corrected chi connectivity index (χ3v) is 4.73. The van der Waals surface area contributed by atoms with Crippen LogP contribution < -0.4 is 5.32 Å². The van der Waals surface area contributed by atoms with Crippen LogP contribution in [0, 0.1) is 11.8 Å². The lowest BCUT2D eigenvalue weighted by molar-refractivity contribution is -0.127. The van der Waals surface area contributed by atoms with Crippen LogP contribution in [-0.2, 0) is 0 Å². The van der Waals surface area contributed by atoms with Gasteiger partial charge in [0.1, 0.15) is 0 Å². The van der Waals surface area contributed by atoms with Gasteiger partial charge in [-0.3, -0.25) is 4.90 Å². The van der Waals surface area contributed by atoms with Crippen molar-refractivity contribution in [2.45, 2.75) is 64.2 Å².